The standard InChI is InChI=1S/C12H12ClN3O2/c1-7-3-4-8(2)9(5-7)16-10(6-11(17)18)12(13)14-15-16/h3-5H,6H2,1-2H3,(H,17,18). The number of carbonyl (C=O) groups is 1. The molecule has 0 aliphatic rings. The number of aromatic nitrogens is 3. The molecule has 0 aliphatic carbocycles. The number of aliphatic carboxylic acids is 1. The van der Waals surface area contributed by atoms with Gasteiger partial charge in [0.25, 0.3) is 0 Å². The van der Waals surface area contributed by atoms with Gasteiger partial charge in [0.15, 0.2) is 5.15 Å². The summed E-state index contributed by atoms with van der Waals surface area (Å²) in [4.78, 5) is 10.8. The van der Waals surface area contributed by atoms with Gasteiger partial charge in [-0.3, -0.25) is 4.79 Å². The highest BCUT2D eigenvalue weighted by Crippen LogP contribution is 2.21. The van der Waals surface area contributed by atoms with Gasteiger partial charge < -0.3 is 5.11 Å². The predicted octanol–water partition coefficient (Wildman–Crippen LogP) is 2.16. The number of aryl methyl sites for hydroxylation is 2. The zero-order valence-electron chi connectivity index (χ0n) is 10.0. The molecule has 0 fully saturated rings. The normalized spacial score (nSPS) is 10.6. The minimum Gasteiger partial charge on any atom is -0.481 e. The lowest BCUT2D eigenvalue weighted by Gasteiger charge is -2.09. The molecule has 18 heavy (non-hydrogen) atoms. The van der Waals surface area contributed by atoms with E-state index in [2.05, 4.69) is 10.3 Å². The quantitative estimate of drug-likeness (QED) is 0.923. The van der Waals surface area contributed by atoms with Crippen LogP contribution in [0.25, 0.3) is 5.69 Å². The number of carboxylic acids is 1. The highest BCUT2D eigenvalue weighted by atomic mass is 35.5. The molecule has 94 valence electrons. The average Bonchev–Trinajstić information content (AvgIpc) is 2.64. The van der Waals surface area contributed by atoms with Crippen LogP contribution >= 0.6 is 11.6 Å². The molecule has 0 radical (unpaired) electrons. The molecule has 0 amide bonds. The molecular formula is C12H12ClN3O2. The second-order valence-corrected chi connectivity index (χ2v) is 4.46. The van der Waals surface area contributed by atoms with Crippen LogP contribution in [0, 0.1) is 13.8 Å². The molecule has 0 atom stereocenters. The average molecular weight is 266 g/mol. The number of nitrogens with zero attached hydrogens (tertiary/aromatic N) is 3. The lowest BCUT2D eigenvalue weighted by molar-refractivity contribution is -0.136. The fourth-order valence-corrected chi connectivity index (χ4v) is 1.90. The first-order chi connectivity index (χ1) is 8.49. The summed E-state index contributed by atoms with van der Waals surface area (Å²) in [6.07, 6.45) is -0.209. The third-order valence-corrected chi connectivity index (χ3v) is 2.92. The first-order valence-electron chi connectivity index (χ1n) is 5.38. The number of carboxylic acid groups (broad SMARTS) is 1. The van der Waals surface area contributed by atoms with E-state index >= 15 is 0 Å². The monoisotopic (exact) mass is 265 g/mol. The van der Waals surface area contributed by atoms with Crippen LogP contribution in [-0.4, -0.2) is 26.1 Å². The van der Waals surface area contributed by atoms with E-state index in [1.54, 1.807) is 0 Å². The van der Waals surface area contributed by atoms with Gasteiger partial charge in [-0.1, -0.05) is 28.9 Å². The number of halogens is 1. The van der Waals surface area contributed by atoms with Gasteiger partial charge in [0.1, 0.15) is 0 Å². The Bertz CT molecular complexity index is 607. The molecule has 0 saturated heterocycles. The number of rotatable bonds is 3. The van der Waals surface area contributed by atoms with E-state index in [4.69, 9.17) is 16.7 Å². The van der Waals surface area contributed by atoms with Crippen molar-refractivity contribution in [3.8, 4) is 5.69 Å². The predicted molar refractivity (Wildman–Crippen MR) is 67.2 cm³/mol. The maximum atomic E-state index is 10.8. The summed E-state index contributed by atoms with van der Waals surface area (Å²) < 4.78 is 1.48. The molecule has 0 spiro atoms. The topological polar surface area (TPSA) is 68.0 Å². The van der Waals surface area contributed by atoms with E-state index in [0.717, 1.165) is 16.8 Å². The summed E-state index contributed by atoms with van der Waals surface area (Å²) in [6, 6.07) is 5.85. The summed E-state index contributed by atoms with van der Waals surface area (Å²) in [5, 5.41) is 16.6. The Morgan fingerprint density at radius 2 is 2.17 bits per heavy atom. The first-order valence-corrected chi connectivity index (χ1v) is 5.76. The van der Waals surface area contributed by atoms with Crippen molar-refractivity contribution in [2.24, 2.45) is 0 Å². The molecule has 2 rings (SSSR count). The summed E-state index contributed by atoms with van der Waals surface area (Å²) in [5.74, 6) is -0.967. The third-order valence-electron chi connectivity index (χ3n) is 2.63. The van der Waals surface area contributed by atoms with Gasteiger partial charge in [0.2, 0.25) is 0 Å². The molecule has 5 nitrogen and oxygen atoms in total. The molecule has 0 bridgehead atoms. The van der Waals surface area contributed by atoms with E-state index in [1.807, 2.05) is 32.0 Å². The lowest BCUT2D eigenvalue weighted by atomic mass is 10.1. The van der Waals surface area contributed by atoms with Crippen LogP contribution in [0.4, 0.5) is 0 Å². The SMILES string of the molecule is Cc1ccc(C)c(-n2nnc(Cl)c2CC(=O)O)c1. The van der Waals surface area contributed by atoms with Crippen molar-refractivity contribution >= 4 is 17.6 Å². The van der Waals surface area contributed by atoms with Gasteiger partial charge in [-0.25, -0.2) is 4.68 Å². The van der Waals surface area contributed by atoms with Gasteiger partial charge in [-0.2, -0.15) is 0 Å². The van der Waals surface area contributed by atoms with E-state index in [9.17, 15) is 4.79 Å². The van der Waals surface area contributed by atoms with Crippen LogP contribution < -0.4 is 0 Å². The Kier molecular flexibility index (Phi) is 3.34. The minimum atomic E-state index is -0.967. The zero-order valence-corrected chi connectivity index (χ0v) is 10.8. The van der Waals surface area contributed by atoms with E-state index in [0.29, 0.717) is 5.69 Å². The third kappa shape index (κ3) is 2.36. The maximum Gasteiger partial charge on any atom is 0.309 e. The minimum absolute atomic E-state index is 0.123. The van der Waals surface area contributed by atoms with Crippen molar-refractivity contribution in [3.63, 3.8) is 0 Å². The Morgan fingerprint density at radius 3 is 2.83 bits per heavy atom. The highest BCUT2D eigenvalue weighted by molar-refractivity contribution is 6.30. The zero-order chi connectivity index (χ0) is 13.3. The van der Waals surface area contributed by atoms with Crippen LogP contribution in [0.2, 0.25) is 5.15 Å². The van der Waals surface area contributed by atoms with Crippen molar-refractivity contribution in [1.82, 2.24) is 15.0 Å². The molecule has 0 aliphatic heterocycles. The van der Waals surface area contributed by atoms with E-state index < -0.39 is 5.97 Å². The fraction of sp³-hybridized carbons (Fsp3) is 0.250. The first kappa shape index (κ1) is 12.6. The maximum absolute atomic E-state index is 10.8. The van der Waals surface area contributed by atoms with Crippen LogP contribution in [0.3, 0.4) is 0 Å². The number of hydrogen-bond donors (Lipinski definition) is 1. The van der Waals surface area contributed by atoms with Crippen molar-refractivity contribution < 1.29 is 9.90 Å². The largest absolute Gasteiger partial charge is 0.481 e. The molecule has 1 aromatic heterocycles. The molecule has 1 heterocycles. The Labute approximate surface area is 109 Å². The van der Waals surface area contributed by atoms with Gasteiger partial charge >= 0.3 is 5.97 Å². The molecule has 6 heteroatoms. The molecule has 2 aromatic rings. The van der Waals surface area contributed by atoms with Crippen LogP contribution in [0.5, 0.6) is 0 Å². The van der Waals surface area contributed by atoms with E-state index in [-0.39, 0.29) is 11.6 Å². The molecule has 0 unspecified atom stereocenters. The Morgan fingerprint density at radius 1 is 1.44 bits per heavy atom. The summed E-state index contributed by atoms with van der Waals surface area (Å²) in [7, 11) is 0. The Hall–Kier alpha value is -1.88. The molecule has 1 aromatic carbocycles. The second-order valence-electron chi connectivity index (χ2n) is 4.10. The van der Waals surface area contributed by atoms with Crippen molar-refractivity contribution in [1.29, 1.82) is 0 Å². The van der Waals surface area contributed by atoms with Gasteiger partial charge in [0, 0.05) is 0 Å². The van der Waals surface area contributed by atoms with Crippen LogP contribution in [0.15, 0.2) is 18.2 Å². The number of hydrogen-bond acceptors (Lipinski definition) is 3. The van der Waals surface area contributed by atoms with Crippen molar-refractivity contribution in [2.45, 2.75) is 20.3 Å². The molecule has 0 saturated carbocycles. The van der Waals surface area contributed by atoms with Gasteiger partial charge in [0.05, 0.1) is 17.8 Å². The smallest absolute Gasteiger partial charge is 0.309 e. The van der Waals surface area contributed by atoms with Gasteiger partial charge in [-0.05, 0) is 31.0 Å². The highest BCUT2D eigenvalue weighted by Gasteiger charge is 2.16. The summed E-state index contributed by atoms with van der Waals surface area (Å²) in [6.45, 7) is 3.88. The van der Waals surface area contributed by atoms with Gasteiger partial charge in [-0.15, -0.1) is 5.10 Å². The Balaban J connectivity index is 2.57. The summed E-state index contributed by atoms with van der Waals surface area (Å²) >= 11 is 5.87. The van der Waals surface area contributed by atoms with Crippen molar-refractivity contribution in [2.75, 3.05) is 0 Å². The molecule has 1 N–H and O–H groups in total. The molecular weight excluding hydrogens is 254 g/mol. The second kappa shape index (κ2) is 4.78. The van der Waals surface area contributed by atoms with Crippen LogP contribution in [-0.2, 0) is 11.2 Å². The number of benzene rings is 1. The lowest BCUT2D eigenvalue weighted by Crippen LogP contribution is -2.09. The van der Waals surface area contributed by atoms with Crippen LogP contribution in [0.1, 0.15) is 16.8 Å². The summed E-state index contributed by atoms with van der Waals surface area (Å²) in [5.41, 5.74) is 3.22. The van der Waals surface area contributed by atoms with Crippen molar-refractivity contribution in [3.05, 3.63) is 40.2 Å². The fourth-order valence-electron chi connectivity index (χ4n) is 1.72. The van der Waals surface area contributed by atoms with E-state index in [1.165, 1.54) is 4.68 Å².